The van der Waals surface area contributed by atoms with Gasteiger partial charge >= 0.3 is 5.97 Å². The lowest BCUT2D eigenvalue weighted by molar-refractivity contribution is -0.169. The van der Waals surface area contributed by atoms with E-state index in [9.17, 15) is 9.59 Å². The lowest BCUT2D eigenvalue weighted by atomic mass is 10.1. The summed E-state index contributed by atoms with van der Waals surface area (Å²) in [7, 11) is 0. The monoisotopic (exact) mass is 674 g/mol. The fourth-order valence-electron chi connectivity index (χ4n) is 3.91. The largest absolute Gasteiger partial charge is 0.457 e. The van der Waals surface area contributed by atoms with Gasteiger partial charge in [0, 0.05) is 12.2 Å². The van der Waals surface area contributed by atoms with Gasteiger partial charge in [-0.25, -0.2) is 4.79 Å². The number of carbonyl (C=O) groups is 2. The molecule has 270 valence electrons. The summed E-state index contributed by atoms with van der Waals surface area (Å²) in [4.78, 5) is 23.6. The second kappa shape index (κ2) is 31.2. The topological polar surface area (TPSA) is 145 Å². The van der Waals surface area contributed by atoms with Crippen molar-refractivity contribution in [1.82, 2.24) is 0 Å². The van der Waals surface area contributed by atoms with Gasteiger partial charge in [0.1, 0.15) is 6.61 Å². The van der Waals surface area contributed by atoms with Crippen LogP contribution in [0.15, 0.2) is 30.3 Å². The first kappa shape index (κ1) is 41.1. The zero-order valence-electron chi connectivity index (χ0n) is 27.7. The van der Waals surface area contributed by atoms with Crippen molar-refractivity contribution in [3.8, 4) is 0 Å². The normalized spacial score (nSPS) is 14.8. The summed E-state index contributed by atoms with van der Waals surface area (Å²) in [6, 6.07) is 8.26. The van der Waals surface area contributed by atoms with Gasteiger partial charge in [0.05, 0.1) is 126 Å². The van der Waals surface area contributed by atoms with Gasteiger partial charge in [0.2, 0.25) is 0 Å². The van der Waals surface area contributed by atoms with Crippen molar-refractivity contribution in [3.05, 3.63) is 35.9 Å². The minimum atomic E-state index is -0.896. The van der Waals surface area contributed by atoms with Crippen molar-refractivity contribution in [2.24, 2.45) is 0 Å². The van der Waals surface area contributed by atoms with E-state index < -0.39 is 11.8 Å². The number of rotatable bonds is 33. The Morgan fingerprint density at radius 2 is 0.894 bits per heavy atom. The number of benzene rings is 1. The van der Waals surface area contributed by atoms with Gasteiger partial charge in [-0.2, -0.15) is 0 Å². The Kier molecular flexibility index (Phi) is 27.3. The molecule has 1 aliphatic rings. The Bertz CT molecular complexity index is 853. The minimum absolute atomic E-state index is 0.00152. The summed E-state index contributed by atoms with van der Waals surface area (Å²) in [6.07, 6.45) is 3.16. The first-order valence-corrected chi connectivity index (χ1v) is 16.5. The molecular formula is C33H54O14. The number of ketones is 1. The van der Waals surface area contributed by atoms with Crippen molar-refractivity contribution < 1.29 is 66.4 Å². The molecule has 1 unspecified atom stereocenters. The van der Waals surface area contributed by atoms with Crippen LogP contribution in [-0.2, 0) is 61.6 Å². The van der Waals surface area contributed by atoms with Crippen LogP contribution in [-0.4, -0.2) is 157 Å². The molecule has 0 bridgehead atoms. The number of esters is 1. The van der Waals surface area contributed by atoms with E-state index in [4.69, 9.17) is 56.8 Å². The van der Waals surface area contributed by atoms with Crippen LogP contribution >= 0.6 is 0 Å². The zero-order valence-corrected chi connectivity index (χ0v) is 27.7. The lowest BCUT2D eigenvalue weighted by Gasteiger charge is -2.22. The second-order valence-corrected chi connectivity index (χ2v) is 10.0. The zero-order chi connectivity index (χ0) is 33.3. The van der Waals surface area contributed by atoms with Gasteiger partial charge in [-0.1, -0.05) is 30.3 Å². The van der Waals surface area contributed by atoms with Crippen LogP contribution in [0.3, 0.4) is 0 Å². The van der Waals surface area contributed by atoms with Crippen molar-refractivity contribution in [2.45, 2.75) is 25.6 Å². The van der Waals surface area contributed by atoms with Crippen molar-refractivity contribution >= 4 is 11.8 Å². The van der Waals surface area contributed by atoms with Gasteiger partial charge in [0.25, 0.3) is 5.78 Å². The summed E-state index contributed by atoms with van der Waals surface area (Å²) in [5.41, 5.74) is 0.296. The molecule has 14 heteroatoms. The third kappa shape index (κ3) is 24.7. The Morgan fingerprint density at radius 3 is 1.28 bits per heavy atom. The number of ether oxygens (including phenoxy) is 12. The van der Waals surface area contributed by atoms with E-state index in [0.717, 1.165) is 25.9 Å². The highest BCUT2D eigenvalue weighted by atomic mass is 16.7. The maximum atomic E-state index is 11.9. The highest BCUT2D eigenvalue weighted by Crippen LogP contribution is 2.13. The lowest BCUT2D eigenvalue weighted by Crippen LogP contribution is -2.24. The average molecular weight is 675 g/mol. The van der Waals surface area contributed by atoms with Crippen LogP contribution < -0.4 is 0 Å². The molecule has 0 saturated carbocycles. The van der Waals surface area contributed by atoms with Gasteiger partial charge in [-0.3, -0.25) is 4.79 Å². The Labute approximate surface area is 278 Å². The molecule has 0 amide bonds. The van der Waals surface area contributed by atoms with Crippen molar-refractivity contribution in [2.75, 3.05) is 139 Å². The molecule has 1 saturated heterocycles. The van der Waals surface area contributed by atoms with E-state index in [-0.39, 0.29) is 19.5 Å². The first-order chi connectivity index (χ1) is 23.3. The van der Waals surface area contributed by atoms with E-state index >= 15 is 0 Å². The molecule has 1 heterocycles. The fraction of sp³-hybridized carbons (Fsp3) is 0.758. The summed E-state index contributed by atoms with van der Waals surface area (Å²) in [5, 5.41) is 0. The highest BCUT2D eigenvalue weighted by Gasteiger charge is 2.17. The molecule has 0 aromatic heterocycles. The number of Topliss-reactive ketones (excluding diaryl/α,β-unsaturated/α-hetero) is 1. The number of hydrogen-bond donors (Lipinski definition) is 0. The van der Waals surface area contributed by atoms with Crippen LogP contribution in [0.2, 0.25) is 0 Å². The molecular weight excluding hydrogens is 620 g/mol. The SMILES string of the molecule is O=C(OCCOCCOCCOCCOCCOCCOCCOCCOCCOCCOC1CCCCO1)C(=O)c1ccccc1. The maximum absolute atomic E-state index is 11.9. The molecule has 0 radical (unpaired) electrons. The van der Waals surface area contributed by atoms with E-state index in [1.165, 1.54) is 0 Å². The fourth-order valence-corrected chi connectivity index (χ4v) is 3.91. The molecule has 0 spiro atoms. The predicted octanol–water partition coefficient (Wildman–Crippen LogP) is 2.11. The van der Waals surface area contributed by atoms with Gasteiger partial charge in [-0.15, -0.1) is 0 Å². The van der Waals surface area contributed by atoms with Crippen molar-refractivity contribution in [1.29, 1.82) is 0 Å². The van der Waals surface area contributed by atoms with Crippen LogP contribution in [0.25, 0.3) is 0 Å². The third-order valence-electron chi connectivity index (χ3n) is 6.33. The molecule has 2 rings (SSSR count). The molecule has 0 N–H and O–H groups in total. The first-order valence-electron chi connectivity index (χ1n) is 16.5. The minimum Gasteiger partial charge on any atom is -0.457 e. The summed E-state index contributed by atoms with van der Waals surface area (Å²) < 4.78 is 65.0. The van der Waals surface area contributed by atoms with Crippen LogP contribution in [0.5, 0.6) is 0 Å². The predicted molar refractivity (Wildman–Crippen MR) is 169 cm³/mol. The summed E-state index contributed by atoms with van der Waals surface area (Å²) in [5.74, 6) is -1.57. The van der Waals surface area contributed by atoms with E-state index in [1.807, 2.05) is 0 Å². The van der Waals surface area contributed by atoms with Gasteiger partial charge < -0.3 is 56.8 Å². The van der Waals surface area contributed by atoms with Crippen molar-refractivity contribution in [3.63, 3.8) is 0 Å². The number of carbonyl (C=O) groups excluding carboxylic acids is 2. The quantitative estimate of drug-likeness (QED) is 0.0464. The van der Waals surface area contributed by atoms with Gasteiger partial charge in [-0.05, 0) is 19.3 Å². The van der Waals surface area contributed by atoms with Crippen LogP contribution in [0.4, 0.5) is 0 Å². The standard InChI is InChI=1S/C33H54O14/c34-32(30-6-2-1-3-7-30)33(35)47-29-27-44-25-23-42-21-19-40-17-15-38-13-11-36-10-12-37-14-16-39-18-20-41-22-24-43-26-28-46-31-8-4-5-9-45-31/h1-3,6-7,31H,4-5,8-29H2. The molecule has 1 aliphatic heterocycles. The van der Waals surface area contributed by atoms with Crippen LogP contribution in [0.1, 0.15) is 29.6 Å². The summed E-state index contributed by atoms with van der Waals surface area (Å²) >= 11 is 0. The van der Waals surface area contributed by atoms with E-state index in [0.29, 0.717) is 124 Å². The molecule has 14 nitrogen and oxygen atoms in total. The number of hydrogen-bond acceptors (Lipinski definition) is 14. The molecule has 1 aromatic carbocycles. The molecule has 1 fully saturated rings. The molecule has 1 aromatic rings. The Balaban J connectivity index is 1.16. The average Bonchev–Trinajstić information content (AvgIpc) is 3.11. The molecule has 0 aliphatic carbocycles. The maximum Gasteiger partial charge on any atom is 0.379 e. The molecule has 1 atom stereocenters. The van der Waals surface area contributed by atoms with E-state index in [2.05, 4.69) is 0 Å². The molecule has 47 heavy (non-hydrogen) atoms. The smallest absolute Gasteiger partial charge is 0.379 e. The highest BCUT2D eigenvalue weighted by molar-refractivity contribution is 6.40. The Hall–Kier alpha value is -2.08. The van der Waals surface area contributed by atoms with Gasteiger partial charge in [0.15, 0.2) is 6.29 Å². The van der Waals surface area contributed by atoms with Crippen LogP contribution in [0, 0.1) is 0 Å². The second-order valence-electron chi connectivity index (χ2n) is 10.0. The van der Waals surface area contributed by atoms with E-state index in [1.54, 1.807) is 30.3 Å². The summed E-state index contributed by atoms with van der Waals surface area (Å²) in [6.45, 7) is 9.55. The Morgan fingerprint density at radius 1 is 0.511 bits per heavy atom. The third-order valence-corrected chi connectivity index (χ3v) is 6.33.